The fourth-order valence-electron chi connectivity index (χ4n) is 3.18. The fraction of sp³-hybridized carbons (Fsp3) is 0.429. The average molecular weight is 396 g/mol. The van der Waals surface area contributed by atoms with Gasteiger partial charge in [-0.25, -0.2) is 15.0 Å². The van der Waals surface area contributed by atoms with Crippen LogP contribution in [0.3, 0.4) is 0 Å². The third-order valence-corrected chi connectivity index (χ3v) is 4.77. The number of nitrogens with zero attached hydrogens (tertiary/aromatic N) is 6. The molecule has 1 N–H and O–H groups in total. The monoisotopic (exact) mass is 395 g/mol. The van der Waals surface area contributed by atoms with Crippen molar-refractivity contribution >= 4 is 17.8 Å². The first-order valence-electron chi connectivity index (χ1n) is 9.94. The molecule has 2 aromatic rings. The average Bonchev–Trinajstić information content (AvgIpc) is 2.77. The second-order valence-corrected chi connectivity index (χ2v) is 7.09. The number of rotatable bonds is 5. The Bertz CT molecular complexity index is 813. The van der Waals surface area contributed by atoms with E-state index in [0.29, 0.717) is 12.1 Å². The molecule has 1 aliphatic rings. The molecule has 1 saturated heterocycles. The molecule has 29 heavy (non-hydrogen) atoms. The lowest BCUT2D eigenvalue weighted by Crippen LogP contribution is -2.52. The lowest BCUT2D eigenvalue weighted by molar-refractivity contribution is 0.0827. The lowest BCUT2D eigenvalue weighted by Gasteiger charge is -2.36. The number of carbonyl (C=O) groups excluding carboxylic acids is 1. The van der Waals surface area contributed by atoms with E-state index in [-0.39, 0.29) is 5.91 Å². The third-order valence-electron chi connectivity index (χ3n) is 4.77. The van der Waals surface area contributed by atoms with Crippen molar-refractivity contribution in [1.29, 1.82) is 0 Å². The Hall–Kier alpha value is -3.16. The van der Waals surface area contributed by atoms with Gasteiger partial charge >= 0.3 is 0 Å². The van der Waals surface area contributed by atoms with Gasteiger partial charge < -0.3 is 20.0 Å². The largest absolute Gasteiger partial charge is 0.357 e. The third kappa shape index (κ3) is 5.43. The van der Waals surface area contributed by atoms with Crippen LogP contribution in [0, 0.1) is 0 Å². The molecule has 0 spiro atoms. The summed E-state index contributed by atoms with van der Waals surface area (Å²) in [6.07, 6.45) is 3.55. The number of hydrogen-bond acceptors (Lipinski definition) is 5. The van der Waals surface area contributed by atoms with Crippen molar-refractivity contribution in [2.75, 3.05) is 51.7 Å². The van der Waals surface area contributed by atoms with Crippen molar-refractivity contribution in [2.24, 2.45) is 4.99 Å². The molecule has 1 fully saturated rings. The van der Waals surface area contributed by atoms with E-state index in [0.717, 1.165) is 50.2 Å². The molecule has 0 radical (unpaired) electrons. The highest BCUT2D eigenvalue weighted by atomic mass is 16.2. The number of nitrogens with one attached hydrogen (secondary N) is 1. The lowest BCUT2D eigenvalue weighted by atomic mass is 10.1. The number of aromatic nitrogens is 2. The second-order valence-electron chi connectivity index (χ2n) is 7.09. The summed E-state index contributed by atoms with van der Waals surface area (Å²) in [4.78, 5) is 31.5. The van der Waals surface area contributed by atoms with Crippen molar-refractivity contribution in [2.45, 2.75) is 13.5 Å². The first kappa shape index (κ1) is 20.6. The Morgan fingerprint density at radius 2 is 1.76 bits per heavy atom. The van der Waals surface area contributed by atoms with E-state index in [4.69, 9.17) is 4.99 Å². The Balaban J connectivity index is 1.61. The summed E-state index contributed by atoms with van der Waals surface area (Å²) >= 11 is 0. The van der Waals surface area contributed by atoms with E-state index in [2.05, 4.69) is 32.0 Å². The number of benzene rings is 1. The van der Waals surface area contributed by atoms with Gasteiger partial charge in [0.15, 0.2) is 5.96 Å². The zero-order chi connectivity index (χ0) is 20.6. The Morgan fingerprint density at radius 3 is 2.34 bits per heavy atom. The smallest absolute Gasteiger partial charge is 0.253 e. The molecule has 1 aliphatic heterocycles. The number of piperazine rings is 1. The molecule has 3 rings (SSSR count). The van der Waals surface area contributed by atoms with Crippen LogP contribution in [0.4, 0.5) is 5.95 Å². The van der Waals surface area contributed by atoms with E-state index >= 15 is 0 Å². The van der Waals surface area contributed by atoms with E-state index in [1.54, 1.807) is 31.4 Å². The van der Waals surface area contributed by atoms with Crippen molar-refractivity contribution in [3.8, 4) is 0 Å². The molecule has 8 nitrogen and oxygen atoms in total. The fourth-order valence-corrected chi connectivity index (χ4v) is 3.18. The summed E-state index contributed by atoms with van der Waals surface area (Å²) in [6.45, 7) is 6.90. The van der Waals surface area contributed by atoms with Gasteiger partial charge in [0.25, 0.3) is 5.91 Å². The highest BCUT2D eigenvalue weighted by Gasteiger charge is 2.21. The van der Waals surface area contributed by atoms with Crippen LogP contribution >= 0.6 is 0 Å². The topological polar surface area (TPSA) is 77.0 Å². The van der Waals surface area contributed by atoms with Gasteiger partial charge in [-0.05, 0) is 30.7 Å². The molecular weight excluding hydrogens is 366 g/mol. The van der Waals surface area contributed by atoms with Gasteiger partial charge in [0.2, 0.25) is 5.95 Å². The molecule has 0 aliphatic carbocycles. The number of carbonyl (C=O) groups is 1. The van der Waals surface area contributed by atoms with Crippen LogP contribution < -0.4 is 10.2 Å². The standard InChI is InChI=1S/C21H29N7O/c1-4-22-20(25-16-17-6-8-18(9-7-17)19(29)26(2)3)27-12-14-28(15-13-27)21-23-10-5-11-24-21/h5-11H,4,12-16H2,1-3H3,(H,22,25). The zero-order valence-corrected chi connectivity index (χ0v) is 17.4. The minimum Gasteiger partial charge on any atom is -0.357 e. The SMILES string of the molecule is CCNC(=NCc1ccc(C(=O)N(C)C)cc1)N1CCN(c2ncccn2)CC1. The van der Waals surface area contributed by atoms with Crippen LogP contribution in [0.5, 0.6) is 0 Å². The first-order valence-corrected chi connectivity index (χ1v) is 9.94. The molecule has 1 amide bonds. The predicted molar refractivity (Wildman–Crippen MR) is 115 cm³/mol. The van der Waals surface area contributed by atoms with Crippen LogP contribution in [0.25, 0.3) is 0 Å². The van der Waals surface area contributed by atoms with Crippen LogP contribution in [0.2, 0.25) is 0 Å². The Labute approximate surface area is 172 Å². The summed E-state index contributed by atoms with van der Waals surface area (Å²) in [5.41, 5.74) is 1.76. The van der Waals surface area contributed by atoms with E-state index in [1.807, 2.05) is 30.3 Å². The van der Waals surface area contributed by atoms with E-state index < -0.39 is 0 Å². The van der Waals surface area contributed by atoms with Crippen molar-refractivity contribution in [3.63, 3.8) is 0 Å². The van der Waals surface area contributed by atoms with Gasteiger partial charge in [0.05, 0.1) is 6.54 Å². The van der Waals surface area contributed by atoms with Crippen molar-refractivity contribution in [3.05, 3.63) is 53.9 Å². The summed E-state index contributed by atoms with van der Waals surface area (Å²) < 4.78 is 0. The Kier molecular flexibility index (Phi) is 6.99. The van der Waals surface area contributed by atoms with Gasteiger partial charge in [-0.3, -0.25) is 4.79 Å². The molecule has 1 aromatic carbocycles. The molecule has 1 aromatic heterocycles. The number of hydrogen-bond donors (Lipinski definition) is 1. The van der Waals surface area contributed by atoms with Gasteiger partial charge in [-0.2, -0.15) is 0 Å². The second kappa shape index (κ2) is 9.86. The highest BCUT2D eigenvalue weighted by Crippen LogP contribution is 2.11. The normalized spacial score (nSPS) is 14.7. The predicted octanol–water partition coefficient (Wildman–Crippen LogP) is 1.47. The maximum Gasteiger partial charge on any atom is 0.253 e. The van der Waals surface area contributed by atoms with Crippen LogP contribution in [-0.4, -0.2) is 78.5 Å². The Morgan fingerprint density at radius 1 is 1.10 bits per heavy atom. The van der Waals surface area contributed by atoms with Gasteiger partial charge in [-0.1, -0.05) is 12.1 Å². The van der Waals surface area contributed by atoms with E-state index in [9.17, 15) is 4.79 Å². The molecule has 0 saturated carbocycles. The number of amides is 1. The zero-order valence-electron chi connectivity index (χ0n) is 17.4. The number of guanidine groups is 1. The van der Waals surface area contributed by atoms with Crippen LogP contribution in [0.1, 0.15) is 22.8 Å². The minimum atomic E-state index is 0.00802. The summed E-state index contributed by atoms with van der Waals surface area (Å²) in [7, 11) is 3.51. The van der Waals surface area contributed by atoms with Crippen LogP contribution in [-0.2, 0) is 6.54 Å². The molecule has 0 atom stereocenters. The highest BCUT2D eigenvalue weighted by molar-refractivity contribution is 5.93. The van der Waals surface area contributed by atoms with Crippen molar-refractivity contribution < 1.29 is 4.79 Å². The van der Waals surface area contributed by atoms with E-state index in [1.165, 1.54) is 0 Å². The summed E-state index contributed by atoms with van der Waals surface area (Å²) in [5, 5.41) is 3.39. The minimum absolute atomic E-state index is 0.00802. The van der Waals surface area contributed by atoms with Crippen LogP contribution in [0.15, 0.2) is 47.7 Å². The maximum absolute atomic E-state index is 12.0. The first-order chi connectivity index (χ1) is 14.1. The van der Waals surface area contributed by atoms with Gasteiger partial charge in [0, 0.05) is 64.8 Å². The molecule has 2 heterocycles. The van der Waals surface area contributed by atoms with Crippen molar-refractivity contribution in [1.82, 2.24) is 25.1 Å². The molecular formula is C21H29N7O. The molecule has 154 valence electrons. The maximum atomic E-state index is 12.0. The summed E-state index contributed by atoms with van der Waals surface area (Å²) in [6, 6.07) is 9.49. The molecule has 8 heteroatoms. The summed E-state index contributed by atoms with van der Waals surface area (Å²) in [5.74, 6) is 1.70. The number of anilines is 1. The quantitative estimate of drug-likeness (QED) is 0.610. The van der Waals surface area contributed by atoms with Gasteiger partial charge in [0.1, 0.15) is 0 Å². The molecule has 0 bridgehead atoms. The number of aliphatic imine (C=N–C) groups is 1. The van der Waals surface area contributed by atoms with Gasteiger partial charge in [-0.15, -0.1) is 0 Å². The molecule has 0 unspecified atom stereocenters.